The molecule has 0 aromatic carbocycles. The zero-order chi connectivity index (χ0) is 10.6. The van der Waals surface area contributed by atoms with E-state index in [1.165, 1.54) is 0 Å². The number of carbonyl (C=O) groups excluding carboxylic acids is 1. The summed E-state index contributed by atoms with van der Waals surface area (Å²) in [5.41, 5.74) is -0.378. The Kier molecular flexibility index (Phi) is 4.40. The van der Waals surface area contributed by atoms with Gasteiger partial charge in [0.1, 0.15) is 0 Å². The fraction of sp³-hybridized carbons (Fsp3) is 0.900. The third-order valence-corrected chi connectivity index (χ3v) is 1.92. The van der Waals surface area contributed by atoms with Gasteiger partial charge in [-0.15, -0.1) is 0 Å². The summed E-state index contributed by atoms with van der Waals surface area (Å²) in [6.45, 7) is 9.74. The summed E-state index contributed by atoms with van der Waals surface area (Å²) in [5, 5.41) is 12.1. The minimum absolute atomic E-state index is 0.0211. The molecule has 1 amide bonds. The monoisotopic (exact) mass is 187 g/mol. The zero-order valence-corrected chi connectivity index (χ0v) is 9.22. The maximum Gasteiger partial charge on any atom is 0.225 e. The number of aliphatic hydroxyl groups excluding tert-OH is 1. The van der Waals surface area contributed by atoms with Gasteiger partial charge in [-0.1, -0.05) is 34.6 Å². The van der Waals surface area contributed by atoms with Crippen LogP contribution < -0.4 is 5.32 Å². The summed E-state index contributed by atoms with van der Waals surface area (Å²) in [6.07, 6.45) is -0.453. The van der Waals surface area contributed by atoms with Crippen LogP contribution in [0.4, 0.5) is 0 Å². The fourth-order valence-electron chi connectivity index (χ4n) is 0.698. The molecule has 13 heavy (non-hydrogen) atoms. The minimum Gasteiger partial charge on any atom is -0.391 e. The highest BCUT2D eigenvalue weighted by atomic mass is 16.3. The van der Waals surface area contributed by atoms with Crippen molar-refractivity contribution >= 4 is 5.91 Å². The van der Waals surface area contributed by atoms with Gasteiger partial charge in [-0.3, -0.25) is 4.79 Å². The fourth-order valence-corrected chi connectivity index (χ4v) is 0.698. The second-order valence-electron chi connectivity index (χ2n) is 4.77. The van der Waals surface area contributed by atoms with E-state index in [4.69, 9.17) is 0 Å². The van der Waals surface area contributed by atoms with E-state index >= 15 is 0 Å². The minimum atomic E-state index is -0.453. The molecule has 0 radical (unpaired) electrons. The Morgan fingerprint density at radius 2 is 1.85 bits per heavy atom. The molecule has 0 heterocycles. The third-order valence-electron chi connectivity index (χ3n) is 1.92. The van der Waals surface area contributed by atoms with E-state index in [0.29, 0.717) is 6.54 Å². The lowest BCUT2D eigenvalue weighted by molar-refractivity contribution is -0.129. The molecule has 0 saturated heterocycles. The largest absolute Gasteiger partial charge is 0.391 e. The van der Waals surface area contributed by atoms with Gasteiger partial charge in [-0.25, -0.2) is 0 Å². The predicted molar refractivity (Wildman–Crippen MR) is 53.3 cm³/mol. The molecule has 78 valence electrons. The molecule has 0 aromatic rings. The van der Waals surface area contributed by atoms with Crippen molar-refractivity contribution in [2.75, 3.05) is 6.54 Å². The highest BCUT2D eigenvalue weighted by Gasteiger charge is 2.21. The van der Waals surface area contributed by atoms with Crippen molar-refractivity contribution in [3.8, 4) is 0 Å². The molecule has 0 spiro atoms. The van der Waals surface area contributed by atoms with E-state index in [-0.39, 0.29) is 17.2 Å². The van der Waals surface area contributed by atoms with Crippen molar-refractivity contribution in [2.45, 2.75) is 40.7 Å². The smallest absolute Gasteiger partial charge is 0.225 e. The number of nitrogens with one attached hydrogen (secondary N) is 1. The van der Waals surface area contributed by atoms with Crippen LogP contribution in [0.2, 0.25) is 0 Å². The van der Waals surface area contributed by atoms with E-state index in [9.17, 15) is 9.90 Å². The van der Waals surface area contributed by atoms with Gasteiger partial charge in [0.15, 0.2) is 0 Å². The number of amides is 1. The quantitative estimate of drug-likeness (QED) is 0.696. The van der Waals surface area contributed by atoms with Gasteiger partial charge in [-0.05, 0) is 5.92 Å². The van der Waals surface area contributed by atoms with Gasteiger partial charge in [0.2, 0.25) is 5.91 Å². The summed E-state index contributed by atoms with van der Waals surface area (Å²) in [5.74, 6) is 0.160. The predicted octanol–water partition coefficient (Wildman–Crippen LogP) is 1.17. The first-order valence-corrected chi connectivity index (χ1v) is 4.71. The van der Waals surface area contributed by atoms with Crippen LogP contribution in [0.15, 0.2) is 0 Å². The Hall–Kier alpha value is -0.570. The lowest BCUT2D eigenvalue weighted by Gasteiger charge is -2.20. The molecule has 0 rings (SSSR count). The average Bonchev–Trinajstić information content (AvgIpc) is 1.97. The standard InChI is InChI=1S/C10H21NO2/c1-7(2)8(12)6-11-9(13)10(3,4)5/h7-8,12H,6H2,1-5H3,(H,11,13). The maximum absolute atomic E-state index is 11.4. The third kappa shape index (κ3) is 4.88. The second kappa shape index (κ2) is 4.61. The highest BCUT2D eigenvalue weighted by molar-refractivity contribution is 5.81. The van der Waals surface area contributed by atoms with E-state index in [1.54, 1.807) is 0 Å². The van der Waals surface area contributed by atoms with Crippen LogP contribution in [0.1, 0.15) is 34.6 Å². The van der Waals surface area contributed by atoms with Crippen molar-refractivity contribution in [2.24, 2.45) is 11.3 Å². The molecule has 2 N–H and O–H groups in total. The first kappa shape index (κ1) is 12.4. The van der Waals surface area contributed by atoms with Crippen molar-refractivity contribution in [3.63, 3.8) is 0 Å². The summed E-state index contributed by atoms with van der Waals surface area (Å²) in [6, 6.07) is 0. The van der Waals surface area contributed by atoms with Gasteiger partial charge in [0.05, 0.1) is 6.10 Å². The maximum atomic E-state index is 11.4. The summed E-state index contributed by atoms with van der Waals surface area (Å²) < 4.78 is 0. The summed E-state index contributed by atoms with van der Waals surface area (Å²) in [4.78, 5) is 11.4. The Morgan fingerprint density at radius 3 is 2.15 bits per heavy atom. The van der Waals surface area contributed by atoms with E-state index in [2.05, 4.69) is 5.32 Å². The number of hydrogen-bond acceptors (Lipinski definition) is 2. The van der Waals surface area contributed by atoms with Crippen molar-refractivity contribution in [3.05, 3.63) is 0 Å². The molecule has 0 aromatic heterocycles. The van der Waals surface area contributed by atoms with Crippen LogP contribution in [-0.2, 0) is 4.79 Å². The van der Waals surface area contributed by atoms with Crippen LogP contribution in [-0.4, -0.2) is 23.7 Å². The molecule has 3 nitrogen and oxygen atoms in total. The Balaban J connectivity index is 3.84. The Labute approximate surface area is 80.5 Å². The molecule has 1 atom stereocenters. The van der Waals surface area contributed by atoms with Gasteiger partial charge in [0.25, 0.3) is 0 Å². The normalized spacial score (nSPS) is 14.4. The topological polar surface area (TPSA) is 49.3 Å². The van der Waals surface area contributed by atoms with E-state index < -0.39 is 6.10 Å². The highest BCUT2D eigenvalue weighted by Crippen LogP contribution is 2.12. The molecule has 0 aliphatic heterocycles. The molecular weight excluding hydrogens is 166 g/mol. The number of rotatable bonds is 3. The average molecular weight is 187 g/mol. The SMILES string of the molecule is CC(C)C(O)CNC(=O)C(C)(C)C. The molecule has 0 aliphatic rings. The number of aliphatic hydroxyl groups is 1. The van der Waals surface area contributed by atoms with Crippen molar-refractivity contribution < 1.29 is 9.90 Å². The van der Waals surface area contributed by atoms with Crippen LogP contribution in [0.3, 0.4) is 0 Å². The first-order chi connectivity index (χ1) is 5.75. The van der Waals surface area contributed by atoms with Gasteiger partial charge < -0.3 is 10.4 Å². The molecule has 0 aliphatic carbocycles. The molecule has 0 bridgehead atoms. The van der Waals surface area contributed by atoms with Gasteiger partial charge >= 0.3 is 0 Å². The first-order valence-electron chi connectivity index (χ1n) is 4.71. The summed E-state index contributed by atoms with van der Waals surface area (Å²) >= 11 is 0. The molecule has 1 unspecified atom stereocenters. The van der Waals surface area contributed by atoms with E-state index in [1.807, 2.05) is 34.6 Å². The molecule has 0 fully saturated rings. The number of hydrogen-bond donors (Lipinski definition) is 2. The van der Waals surface area contributed by atoms with Crippen LogP contribution in [0, 0.1) is 11.3 Å². The van der Waals surface area contributed by atoms with E-state index in [0.717, 1.165) is 0 Å². The number of carbonyl (C=O) groups is 1. The lowest BCUT2D eigenvalue weighted by Crippen LogP contribution is -2.40. The van der Waals surface area contributed by atoms with Crippen LogP contribution in [0.5, 0.6) is 0 Å². The van der Waals surface area contributed by atoms with Crippen molar-refractivity contribution in [1.82, 2.24) is 5.32 Å². The summed E-state index contributed by atoms with van der Waals surface area (Å²) in [7, 11) is 0. The molecular formula is C10H21NO2. The molecule has 3 heteroatoms. The van der Waals surface area contributed by atoms with Crippen LogP contribution in [0.25, 0.3) is 0 Å². The Bertz CT molecular complexity index is 170. The second-order valence-corrected chi connectivity index (χ2v) is 4.77. The van der Waals surface area contributed by atoms with Gasteiger partial charge in [0, 0.05) is 12.0 Å². The lowest BCUT2D eigenvalue weighted by atomic mass is 9.95. The van der Waals surface area contributed by atoms with Crippen LogP contribution >= 0.6 is 0 Å². The van der Waals surface area contributed by atoms with Gasteiger partial charge in [-0.2, -0.15) is 0 Å². The zero-order valence-electron chi connectivity index (χ0n) is 9.22. The van der Waals surface area contributed by atoms with Crippen molar-refractivity contribution in [1.29, 1.82) is 0 Å². The Morgan fingerprint density at radius 1 is 1.38 bits per heavy atom. The molecule has 0 saturated carbocycles.